The third-order valence-corrected chi connectivity index (χ3v) is 9.84. The zero-order valence-corrected chi connectivity index (χ0v) is 39.8. The smallest absolute Gasteiger partial charge is 0.410 e. The first-order valence-electron chi connectivity index (χ1n) is 22.9. The van der Waals surface area contributed by atoms with E-state index < -0.39 is 47.5 Å². The number of rotatable bonds is 20. The molecular formula is C51H68N8O8. The maximum absolute atomic E-state index is 13.3. The maximum atomic E-state index is 13.3. The first-order valence-corrected chi connectivity index (χ1v) is 22.9. The van der Waals surface area contributed by atoms with E-state index in [1.807, 2.05) is 114 Å². The second-order valence-corrected chi connectivity index (χ2v) is 17.8. The van der Waals surface area contributed by atoms with Crippen molar-refractivity contribution in [2.24, 2.45) is 0 Å². The van der Waals surface area contributed by atoms with E-state index in [0.717, 1.165) is 32.1 Å². The van der Waals surface area contributed by atoms with E-state index in [0.29, 0.717) is 61.8 Å². The number of benzene rings is 4. The molecule has 0 aliphatic heterocycles. The molecule has 0 unspecified atom stereocenters. The highest BCUT2D eigenvalue weighted by Crippen LogP contribution is 2.26. The quantitative estimate of drug-likeness (QED) is 0.0632. The SMILES string of the molecule is CC(C)(C)OC(=O)N(CCCCCCCN(CCCNC(=O)NC(=O)N(c1ccccc1)c1ccccc1)C(=O)OC(C)(C)C)CCCNC(=O)NC(=O)N(c1ccccc1)c1ccccc1. The van der Waals surface area contributed by atoms with E-state index in [-0.39, 0.29) is 13.1 Å². The number of hydrogen-bond acceptors (Lipinski definition) is 8. The Kier molecular flexibility index (Phi) is 21.0. The Bertz CT molecular complexity index is 1920. The van der Waals surface area contributed by atoms with Crippen LogP contribution in [-0.2, 0) is 9.47 Å². The van der Waals surface area contributed by atoms with Gasteiger partial charge in [-0.15, -0.1) is 0 Å². The maximum Gasteiger partial charge on any atom is 0.410 e. The molecule has 0 radical (unpaired) electrons. The molecule has 0 bridgehead atoms. The third-order valence-electron chi connectivity index (χ3n) is 9.84. The predicted octanol–water partition coefficient (Wildman–Crippen LogP) is 10.7. The summed E-state index contributed by atoms with van der Waals surface area (Å²) in [7, 11) is 0. The number of urea groups is 4. The van der Waals surface area contributed by atoms with Gasteiger partial charge in [0.25, 0.3) is 0 Å². The van der Waals surface area contributed by atoms with Crippen molar-refractivity contribution in [2.75, 3.05) is 49.1 Å². The molecule has 0 fully saturated rings. The normalized spacial score (nSPS) is 11.1. The van der Waals surface area contributed by atoms with Crippen LogP contribution in [-0.4, -0.2) is 96.6 Å². The van der Waals surface area contributed by atoms with Crippen molar-refractivity contribution in [1.29, 1.82) is 0 Å². The highest BCUT2D eigenvalue weighted by molar-refractivity contribution is 6.07. The third kappa shape index (κ3) is 19.5. The van der Waals surface area contributed by atoms with Gasteiger partial charge >= 0.3 is 36.3 Å². The number of ether oxygens (including phenoxy) is 2. The Hall–Kier alpha value is -7.10. The van der Waals surface area contributed by atoms with E-state index in [1.54, 1.807) is 58.3 Å². The van der Waals surface area contributed by atoms with Crippen LogP contribution in [0.5, 0.6) is 0 Å². The Morgan fingerprint density at radius 3 is 0.955 bits per heavy atom. The van der Waals surface area contributed by atoms with Crippen LogP contribution >= 0.6 is 0 Å². The van der Waals surface area contributed by atoms with Gasteiger partial charge in [-0.1, -0.05) is 92.1 Å². The van der Waals surface area contributed by atoms with Gasteiger partial charge in [-0.2, -0.15) is 0 Å². The molecule has 16 nitrogen and oxygen atoms in total. The van der Waals surface area contributed by atoms with E-state index in [4.69, 9.17) is 9.47 Å². The number of anilines is 4. The Morgan fingerprint density at radius 1 is 0.403 bits per heavy atom. The summed E-state index contributed by atoms with van der Waals surface area (Å²) in [6.45, 7) is 12.9. The molecule has 0 saturated carbocycles. The second-order valence-electron chi connectivity index (χ2n) is 17.8. The summed E-state index contributed by atoms with van der Waals surface area (Å²) < 4.78 is 11.4. The van der Waals surface area contributed by atoms with E-state index in [2.05, 4.69) is 21.3 Å². The van der Waals surface area contributed by atoms with Gasteiger partial charge in [0.15, 0.2) is 0 Å². The van der Waals surface area contributed by atoms with Crippen molar-refractivity contribution in [3.63, 3.8) is 0 Å². The lowest BCUT2D eigenvalue weighted by Gasteiger charge is -2.28. The van der Waals surface area contributed by atoms with Crippen LogP contribution in [0.25, 0.3) is 0 Å². The average Bonchev–Trinajstić information content (AvgIpc) is 3.27. The molecule has 10 amide bonds. The number of hydrogen-bond donors (Lipinski definition) is 4. The lowest BCUT2D eigenvalue weighted by molar-refractivity contribution is 0.0238. The molecule has 0 saturated heterocycles. The number of nitrogens with one attached hydrogen (secondary N) is 4. The zero-order valence-electron chi connectivity index (χ0n) is 39.8. The number of para-hydroxylation sites is 4. The summed E-state index contributed by atoms with van der Waals surface area (Å²) in [6, 6.07) is 33.6. The number of nitrogens with zero attached hydrogens (tertiary/aromatic N) is 4. The fourth-order valence-electron chi connectivity index (χ4n) is 6.79. The average molecular weight is 921 g/mol. The minimum Gasteiger partial charge on any atom is -0.444 e. The minimum atomic E-state index is -0.689. The lowest BCUT2D eigenvalue weighted by Crippen LogP contribution is -2.46. The molecule has 4 aromatic rings. The zero-order chi connectivity index (χ0) is 48.7. The molecule has 0 heterocycles. The van der Waals surface area contributed by atoms with E-state index >= 15 is 0 Å². The fraction of sp³-hybridized carbons (Fsp3) is 0.412. The van der Waals surface area contributed by atoms with E-state index in [9.17, 15) is 28.8 Å². The van der Waals surface area contributed by atoms with Crippen LogP contribution in [0.2, 0.25) is 0 Å². The summed E-state index contributed by atoms with van der Waals surface area (Å²) in [5.41, 5.74) is 1.03. The van der Waals surface area contributed by atoms with Gasteiger partial charge in [-0.25, -0.2) is 28.8 Å². The molecular weight excluding hydrogens is 853 g/mol. The number of carbonyl (C=O) groups excluding carboxylic acids is 6. The Balaban J connectivity index is 1.19. The van der Waals surface area contributed by atoms with Crippen molar-refractivity contribution < 1.29 is 38.2 Å². The Morgan fingerprint density at radius 2 is 0.672 bits per heavy atom. The number of amides is 10. The predicted molar refractivity (Wildman–Crippen MR) is 262 cm³/mol. The standard InChI is InChI=1S/C51H68N8O8/c1-50(2,3)66-48(64)56(38-24-34-52-44(60)54-46(62)58(40-26-14-10-15-27-40)41-28-16-11-17-29-41)36-22-8-7-9-23-37-57(49(65)67-51(4,5)6)39-25-35-53-45(61)55-47(63)59(42-30-18-12-19-31-42)43-32-20-13-21-33-43/h10-21,26-33H,7-9,22-25,34-39H2,1-6H3,(H2,52,54,60,62)(H2,53,55,61,63). The van der Waals surface area contributed by atoms with Crippen molar-refractivity contribution in [2.45, 2.75) is 97.7 Å². The minimum absolute atomic E-state index is 0.217. The van der Waals surface area contributed by atoms with Crippen LogP contribution in [0.3, 0.4) is 0 Å². The molecule has 4 rings (SSSR count). The van der Waals surface area contributed by atoms with Crippen molar-refractivity contribution >= 4 is 59.1 Å². The number of imide groups is 2. The van der Waals surface area contributed by atoms with Gasteiger partial charge < -0.3 is 29.9 Å². The van der Waals surface area contributed by atoms with Gasteiger partial charge in [-0.3, -0.25) is 20.4 Å². The van der Waals surface area contributed by atoms with Gasteiger partial charge in [0.1, 0.15) is 11.2 Å². The molecule has 4 aromatic carbocycles. The van der Waals surface area contributed by atoms with Crippen LogP contribution < -0.4 is 31.1 Å². The summed E-state index contributed by atoms with van der Waals surface area (Å²) in [5, 5.41) is 10.3. The monoisotopic (exact) mass is 921 g/mol. The molecule has 16 heteroatoms. The first kappa shape index (κ1) is 52.5. The van der Waals surface area contributed by atoms with Crippen molar-refractivity contribution in [3.05, 3.63) is 121 Å². The molecule has 0 spiro atoms. The molecule has 0 aliphatic carbocycles. The van der Waals surface area contributed by atoms with Gasteiger partial charge in [0.05, 0.1) is 22.7 Å². The summed E-state index contributed by atoms with van der Waals surface area (Å²) >= 11 is 0. The number of unbranched alkanes of at least 4 members (excludes halogenated alkanes) is 4. The van der Waals surface area contributed by atoms with Crippen LogP contribution in [0.1, 0.15) is 86.5 Å². The van der Waals surface area contributed by atoms with Crippen LogP contribution in [0.15, 0.2) is 121 Å². The fourth-order valence-corrected chi connectivity index (χ4v) is 6.79. The Labute approximate surface area is 395 Å². The van der Waals surface area contributed by atoms with Gasteiger partial charge in [0.2, 0.25) is 0 Å². The highest BCUT2D eigenvalue weighted by atomic mass is 16.6. The topological polar surface area (TPSA) is 182 Å². The van der Waals surface area contributed by atoms with Crippen LogP contribution in [0.4, 0.5) is 51.5 Å². The summed E-state index contributed by atoms with van der Waals surface area (Å²) in [6.07, 6.45) is 3.94. The molecule has 67 heavy (non-hydrogen) atoms. The van der Waals surface area contributed by atoms with Crippen molar-refractivity contribution in [3.8, 4) is 0 Å². The molecule has 0 aromatic heterocycles. The van der Waals surface area contributed by atoms with E-state index in [1.165, 1.54) is 9.80 Å². The largest absolute Gasteiger partial charge is 0.444 e. The number of carbonyl (C=O) groups is 6. The summed E-state index contributed by atoms with van der Waals surface area (Å²) in [5.74, 6) is 0. The second kappa shape index (κ2) is 26.8. The van der Waals surface area contributed by atoms with Gasteiger partial charge in [-0.05, 0) is 116 Å². The van der Waals surface area contributed by atoms with Gasteiger partial charge in [0, 0.05) is 39.3 Å². The highest BCUT2D eigenvalue weighted by Gasteiger charge is 2.25. The van der Waals surface area contributed by atoms with Crippen molar-refractivity contribution in [1.82, 2.24) is 31.1 Å². The molecule has 0 atom stereocenters. The molecule has 4 N–H and O–H groups in total. The first-order chi connectivity index (χ1) is 32.0. The summed E-state index contributed by atoms with van der Waals surface area (Å²) in [4.78, 5) is 84.6. The van der Waals surface area contributed by atoms with Crippen LogP contribution in [0, 0.1) is 0 Å². The lowest BCUT2D eigenvalue weighted by atomic mass is 10.1. The molecule has 0 aliphatic rings. The molecule has 360 valence electrons.